The van der Waals surface area contributed by atoms with Crippen molar-refractivity contribution in [3.8, 4) is 0 Å². The first-order chi connectivity index (χ1) is 15.3. The maximum Gasteiger partial charge on any atom is 0.250 e. The summed E-state index contributed by atoms with van der Waals surface area (Å²) < 4.78 is 7.66. The molecule has 8 heteroatoms. The summed E-state index contributed by atoms with van der Waals surface area (Å²) in [5.74, 6) is 0.992. The quantitative estimate of drug-likeness (QED) is 0.563. The van der Waals surface area contributed by atoms with Gasteiger partial charge >= 0.3 is 0 Å². The topological polar surface area (TPSA) is 82.8 Å². The lowest BCUT2D eigenvalue weighted by molar-refractivity contribution is -0.00376. The van der Waals surface area contributed by atoms with E-state index >= 15 is 0 Å². The van der Waals surface area contributed by atoms with Crippen LogP contribution in [0.4, 0.5) is 0 Å². The predicted molar refractivity (Wildman–Crippen MR) is 121 cm³/mol. The molecule has 0 unspecified atom stereocenters. The molecule has 1 saturated heterocycles. The minimum atomic E-state index is -0.0878. The van der Waals surface area contributed by atoms with Gasteiger partial charge in [-0.3, -0.25) is 4.79 Å². The van der Waals surface area contributed by atoms with E-state index in [1.807, 2.05) is 26.1 Å². The van der Waals surface area contributed by atoms with Crippen LogP contribution >= 0.6 is 11.6 Å². The number of hydrogen-bond donors (Lipinski definition) is 0. The fourth-order valence-corrected chi connectivity index (χ4v) is 6.43. The van der Waals surface area contributed by atoms with Crippen LogP contribution in [-0.4, -0.2) is 36.0 Å². The first-order valence-corrected chi connectivity index (χ1v) is 11.6. The lowest BCUT2D eigenvalue weighted by Crippen LogP contribution is -2.66. The van der Waals surface area contributed by atoms with E-state index in [1.165, 1.54) is 0 Å². The lowest BCUT2D eigenvalue weighted by Gasteiger charge is -2.67. The molecule has 0 aromatic carbocycles. The molecule has 3 saturated carbocycles. The smallest absolute Gasteiger partial charge is 0.250 e. The lowest BCUT2D eigenvalue weighted by atomic mass is 9.42. The maximum atomic E-state index is 11.8. The Balaban J connectivity index is 1.40. The van der Waals surface area contributed by atoms with Crippen LogP contribution in [0.2, 0.25) is 0 Å². The van der Waals surface area contributed by atoms with Crippen LogP contribution in [0.1, 0.15) is 72.6 Å². The van der Waals surface area contributed by atoms with Gasteiger partial charge in [0.15, 0.2) is 5.65 Å². The fraction of sp³-hybridized carbons (Fsp3) is 0.542. The molecule has 3 aromatic rings. The zero-order valence-electron chi connectivity index (χ0n) is 18.6. The molecule has 7 rings (SSSR count). The summed E-state index contributed by atoms with van der Waals surface area (Å²) in [4.78, 5) is 31.4. The number of ether oxygens (including phenoxy) is 1. The molecule has 0 radical (unpaired) electrons. The van der Waals surface area contributed by atoms with Crippen LogP contribution in [0.25, 0.3) is 11.2 Å². The number of rotatable bonds is 3. The van der Waals surface area contributed by atoms with Crippen molar-refractivity contribution < 1.29 is 4.74 Å². The third-order valence-corrected chi connectivity index (χ3v) is 7.96. The molecule has 7 nitrogen and oxygen atoms in total. The van der Waals surface area contributed by atoms with E-state index in [0.29, 0.717) is 12.3 Å². The number of fused-ring (bicyclic) bond motifs is 1. The highest BCUT2D eigenvalue weighted by atomic mass is 35.5. The average Bonchev–Trinajstić information content (AvgIpc) is 2.73. The Bertz CT molecular complexity index is 1300. The summed E-state index contributed by atoms with van der Waals surface area (Å²) in [6.07, 6.45) is 6.27. The molecule has 32 heavy (non-hydrogen) atoms. The number of alkyl halides is 1. The van der Waals surface area contributed by atoms with Crippen LogP contribution in [0.3, 0.4) is 0 Å². The highest BCUT2D eigenvalue weighted by Gasteiger charge is 2.69. The second-order valence-electron chi connectivity index (χ2n) is 9.95. The molecule has 0 spiro atoms. The van der Waals surface area contributed by atoms with Crippen molar-refractivity contribution in [2.24, 2.45) is 7.05 Å². The van der Waals surface area contributed by atoms with Gasteiger partial charge in [-0.25, -0.2) is 19.9 Å². The van der Waals surface area contributed by atoms with Crippen LogP contribution in [0.15, 0.2) is 23.1 Å². The number of nitrogens with zero attached hydrogens (tertiary/aromatic N) is 5. The Morgan fingerprint density at radius 3 is 2.56 bits per heavy atom. The van der Waals surface area contributed by atoms with Crippen LogP contribution < -0.4 is 5.56 Å². The summed E-state index contributed by atoms with van der Waals surface area (Å²) >= 11 is 6.60. The summed E-state index contributed by atoms with van der Waals surface area (Å²) in [5, 5.41) is 0. The number of halogens is 1. The molecule has 0 N–H and O–H groups in total. The fourth-order valence-electron chi connectivity index (χ4n) is 5.67. The second kappa shape index (κ2) is 6.81. The minimum Gasteiger partial charge on any atom is -0.373 e. The standard InChI is InChI=1S/C24H26ClN5O2/c1-13-14(2)27-22-19(26-13)20(23-10-24(25,11-23)12-23)28-21(29-22)15-6-7-32-17(8-15)16-4-5-18(31)30(3)9-16/h4-5,9,15,17H,6-8,10-12H2,1-3H3/t15-,17+,23?,24?/m0/s1. The van der Waals surface area contributed by atoms with Gasteiger partial charge < -0.3 is 9.30 Å². The van der Waals surface area contributed by atoms with Crippen molar-refractivity contribution in [1.29, 1.82) is 0 Å². The van der Waals surface area contributed by atoms with Gasteiger partial charge in [0.2, 0.25) is 5.56 Å². The van der Waals surface area contributed by atoms with E-state index in [-0.39, 0.29) is 27.9 Å². The van der Waals surface area contributed by atoms with Crippen LogP contribution in [0.5, 0.6) is 0 Å². The molecule has 0 amide bonds. The number of aryl methyl sites for hydroxylation is 3. The van der Waals surface area contributed by atoms with Crippen molar-refractivity contribution in [2.45, 2.75) is 68.3 Å². The summed E-state index contributed by atoms with van der Waals surface area (Å²) in [7, 11) is 1.77. The molecular weight excluding hydrogens is 426 g/mol. The Labute approximate surface area is 191 Å². The van der Waals surface area contributed by atoms with E-state index in [0.717, 1.165) is 66.1 Å². The SMILES string of the molecule is Cc1nc2nc([C@H]3CCO[C@@H](c4ccc(=O)n(C)c4)C3)nc(C34CC(Cl)(C3)C4)c2nc1C. The van der Waals surface area contributed by atoms with E-state index in [9.17, 15) is 4.79 Å². The van der Waals surface area contributed by atoms with E-state index in [4.69, 9.17) is 36.3 Å². The summed E-state index contributed by atoms with van der Waals surface area (Å²) in [5.41, 5.74) is 5.37. The van der Waals surface area contributed by atoms with Gasteiger partial charge in [-0.2, -0.15) is 0 Å². The summed E-state index contributed by atoms with van der Waals surface area (Å²) in [6, 6.07) is 3.46. The van der Waals surface area contributed by atoms with Gasteiger partial charge in [-0.1, -0.05) is 0 Å². The van der Waals surface area contributed by atoms with E-state index in [2.05, 4.69) is 0 Å². The molecule has 1 aliphatic heterocycles. The highest BCUT2D eigenvalue weighted by molar-refractivity contribution is 6.26. The molecule has 4 fully saturated rings. The minimum absolute atomic E-state index is 0.0242. The third kappa shape index (κ3) is 3.01. The van der Waals surface area contributed by atoms with Crippen molar-refractivity contribution in [3.05, 3.63) is 57.2 Å². The Morgan fingerprint density at radius 2 is 1.84 bits per heavy atom. The summed E-state index contributed by atoms with van der Waals surface area (Å²) in [6.45, 7) is 4.59. The molecule has 166 valence electrons. The van der Waals surface area contributed by atoms with Gasteiger partial charge in [-0.05, 0) is 57.6 Å². The predicted octanol–water partition coefficient (Wildman–Crippen LogP) is 3.78. The van der Waals surface area contributed by atoms with Gasteiger partial charge in [0.25, 0.3) is 0 Å². The molecule has 4 aliphatic rings. The molecule has 2 bridgehead atoms. The number of pyridine rings is 1. The normalized spacial score (nSPS) is 31.2. The monoisotopic (exact) mass is 451 g/mol. The Kier molecular flexibility index (Phi) is 4.31. The second-order valence-corrected chi connectivity index (χ2v) is 10.8. The number of aromatic nitrogens is 5. The number of hydrogen-bond acceptors (Lipinski definition) is 6. The molecule has 3 aliphatic carbocycles. The van der Waals surface area contributed by atoms with Gasteiger partial charge in [-0.15, -0.1) is 11.6 Å². The van der Waals surface area contributed by atoms with Crippen molar-refractivity contribution in [2.75, 3.05) is 6.61 Å². The zero-order valence-corrected chi connectivity index (χ0v) is 19.3. The van der Waals surface area contributed by atoms with Crippen molar-refractivity contribution in [3.63, 3.8) is 0 Å². The van der Waals surface area contributed by atoms with Crippen LogP contribution in [0, 0.1) is 13.8 Å². The zero-order chi connectivity index (χ0) is 22.3. The van der Waals surface area contributed by atoms with Gasteiger partial charge in [0.1, 0.15) is 11.3 Å². The molecular formula is C24H26ClN5O2. The first-order valence-electron chi connectivity index (χ1n) is 11.3. The maximum absolute atomic E-state index is 11.8. The highest BCUT2D eigenvalue weighted by Crippen LogP contribution is 2.71. The van der Waals surface area contributed by atoms with Crippen LogP contribution in [-0.2, 0) is 17.2 Å². The molecule has 4 heterocycles. The van der Waals surface area contributed by atoms with Crippen molar-refractivity contribution in [1.82, 2.24) is 24.5 Å². The Morgan fingerprint density at radius 1 is 1.09 bits per heavy atom. The van der Waals surface area contributed by atoms with E-state index < -0.39 is 0 Å². The van der Waals surface area contributed by atoms with Gasteiger partial charge in [0.05, 0.1) is 23.2 Å². The Hall–Kier alpha value is -2.38. The van der Waals surface area contributed by atoms with Gasteiger partial charge in [0, 0.05) is 42.1 Å². The molecule has 2 atom stereocenters. The molecule has 3 aromatic heterocycles. The van der Waals surface area contributed by atoms with Crippen molar-refractivity contribution >= 4 is 22.8 Å². The van der Waals surface area contributed by atoms with E-state index in [1.54, 1.807) is 17.7 Å². The third-order valence-electron chi connectivity index (χ3n) is 7.56. The largest absolute Gasteiger partial charge is 0.373 e. The first kappa shape index (κ1) is 20.2. The average molecular weight is 452 g/mol.